The van der Waals surface area contributed by atoms with Crippen molar-refractivity contribution in [3.63, 3.8) is 0 Å². The Morgan fingerprint density at radius 3 is 2.50 bits per heavy atom. The summed E-state index contributed by atoms with van der Waals surface area (Å²) in [6.45, 7) is 8.45. The Labute approximate surface area is 197 Å². The maximum atomic E-state index is 4.37. The third kappa shape index (κ3) is 8.23. The molecule has 0 saturated carbocycles. The monoisotopic (exact) mass is 525 g/mol. The van der Waals surface area contributed by atoms with Crippen LogP contribution < -0.4 is 10.6 Å². The summed E-state index contributed by atoms with van der Waals surface area (Å²) in [7, 11) is 4.03. The molecule has 0 radical (unpaired) electrons. The van der Waals surface area contributed by atoms with Gasteiger partial charge in [-0.05, 0) is 43.6 Å². The first-order valence-electron chi connectivity index (χ1n) is 10.6. The van der Waals surface area contributed by atoms with E-state index in [-0.39, 0.29) is 24.0 Å². The van der Waals surface area contributed by atoms with Crippen LogP contribution in [0.3, 0.4) is 0 Å². The summed E-state index contributed by atoms with van der Waals surface area (Å²) in [5, 5.41) is 11.2. The second-order valence-corrected chi connectivity index (χ2v) is 7.68. The summed E-state index contributed by atoms with van der Waals surface area (Å²) in [4.78, 5) is 9.34. The molecule has 1 fully saturated rings. The van der Waals surface area contributed by atoms with Crippen LogP contribution in [-0.4, -0.2) is 78.9 Å². The standard InChI is InChI=1S/C22H35N7.HI/c1-23-22(24-10-5-6-12-28-16-14-27(2)15-17-28)25-18-20-8-3-4-9-21(20)19-29-13-7-11-26-29;/h3-4,7-9,11,13H,5-6,10,12,14-19H2,1-2H3,(H2,23,24,25);1H. The molecule has 1 aromatic carbocycles. The number of guanidine groups is 1. The first-order valence-corrected chi connectivity index (χ1v) is 10.6. The molecule has 1 aliphatic rings. The van der Waals surface area contributed by atoms with E-state index < -0.39 is 0 Å². The minimum Gasteiger partial charge on any atom is -0.356 e. The summed E-state index contributed by atoms with van der Waals surface area (Å²) >= 11 is 0. The summed E-state index contributed by atoms with van der Waals surface area (Å²) in [5.41, 5.74) is 2.53. The summed E-state index contributed by atoms with van der Waals surface area (Å²) < 4.78 is 1.95. The van der Waals surface area contributed by atoms with Crippen molar-refractivity contribution in [1.82, 2.24) is 30.2 Å². The van der Waals surface area contributed by atoms with Crippen LogP contribution in [0.15, 0.2) is 47.7 Å². The predicted octanol–water partition coefficient (Wildman–Crippen LogP) is 2.24. The van der Waals surface area contributed by atoms with Crippen molar-refractivity contribution in [2.75, 3.05) is 53.4 Å². The molecule has 0 atom stereocenters. The van der Waals surface area contributed by atoms with Crippen LogP contribution in [0.2, 0.25) is 0 Å². The van der Waals surface area contributed by atoms with Gasteiger partial charge >= 0.3 is 0 Å². The highest BCUT2D eigenvalue weighted by Crippen LogP contribution is 2.10. The Kier molecular flexibility index (Phi) is 11.2. The highest BCUT2D eigenvalue weighted by Gasteiger charge is 2.12. The van der Waals surface area contributed by atoms with Crippen molar-refractivity contribution in [2.45, 2.75) is 25.9 Å². The van der Waals surface area contributed by atoms with Gasteiger partial charge in [-0.25, -0.2) is 0 Å². The molecule has 0 amide bonds. The molecule has 1 aromatic heterocycles. The number of unbranched alkanes of at least 4 members (excludes halogenated alkanes) is 1. The molecule has 0 spiro atoms. The molecule has 2 heterocycles. The van der Waals surface area contributed by atoms with Gasteiger partial charge in [0.15, 0.2) is 5.96 Å². The van der Waals surface area contributed by atoms with Crippen LogP contribution in [0, 0.1) is 0 Å². The molecule has 2 aromatic rings. The largest absolute Gasteiger partial charge is 0.356 e. The third-order valence-electron chi connectivity index (χ3n) is 5.47. The van der Waals surface area contributed by atoms with Crippen molar-refractivity contribution in [3.05, 3.63) is 53.9 Å². The number of aromatic nitrogens is 2. The summed E-state index contributed by atoms with van der Waals surface area (Å²) in [5.74, 6) is 0.860. The predicted molar refractivity (Wildman–Crippen MR) is 135 cm³/mol. The lowest BCUT2D eigenvalue weighted by molar-refractivity contribution is 0.152. The number of rotatable bonds is 9. The lowest BCUT2D eigenvalue weighted by Gasteiger charge is -2.32. The van der Waals surface area contributed by atoms with Crippen molar-refractivity contribution in [2.24, 2.45) is 4.99 Å². The fourth-order valence-corrected chi connectivity index (χ4v) is 3.59. The van der Waals surface area contributed by atoms with Crippen LogP contribution in [0.4, 0.5) is 0 Å². The van der Waals surface area contributed by atoms with Crippen molar-refractivity contribution >= 4 is 29.9 Å². The number of benzene rings is 1. The Hall–Kier alpha value is -1.65. The fourth-order valence-electron chi connectivity index (χ4n) is 3.59. The van der Waals surface area contributed by atoms with Crippen LogP contribution in [-0.2, 0) is 13.1 Å². The molecule has 0 unspecified atom stereocenters. The maximum absolute atomic E-state index is 4.37. The van der Waals surface area contributed by atoms with Gasteiger partial charge in [-0.1, -0.05) is 24.3 Å². The Bertz CT molecular complexity index is 740. The molecule has 3 rings (SSSR count). The fraction of sp³-hybridized carbons (Fsp3) is 0.545. The zero-order valence-electron chi connectivity index (χ0n) is 18.3. The Morgan fingerprint density at radius 2 is 1.80 bits per heavy atom. The number of hydrogen-bond donors (Lipinski definition) is 2. The zero-order chi connectivity index (χ0) is 20.3. The second kappa shape index (κ2) is 13.6. The second-order valence-electron chi connectivity index (χ2n) is 7.68. The van der Waals surface area contributed by atoms with Gasteiger partial charge in [-0.2, -0.15) is 5.10 Å². The van der Waals surface area contributed by atoms with Crippen LogP contribution in [0.1, 0.15) is 24.0 Å². The average Bonchev–Trinajstić information content (AvgIpc) is 3.25. The first-order chi connectivity index (χ1) is 14.2. The maximum Gasteiger partial charge on any atom is 0.191 e. The Balaban J connectivity index is 0.00000320. The lowest BCUT2D eigenvalue weighted by atomic mass is 10.1. The average molecular weight is 525 g/mol. The topological polar surface area (TPSA) is 60.7 Å². The molecule has 0 bridgehead atoms. The zero-order valence-corrected chi connectivity index (χ0v) is 20.6. The van der Waals surface area contributed by atoms with Gasteiger partial charge in [-0.3, -0.25) is 9.67 Å². The van der Waals surface area contributed by atoms with Crippen molar-refractivity contribution in [1.29, 1.82) is 0 Å². The first kappa shape index (κ1) is 24.6. The minimum atomic E-state index is 0. The quantitative estimate of drug-likeness (QED) is 0.228. The van der Waals surface area contributed by atoms with Crippen molar-refractivity contribution < 1.29 is 0 Å². The summed E-state index contributed by atoms with van der Waals surface area (Å²) in [6, 6.07) is 10.4. The molecule has 166 valence electrons. The molecule has 2 N–H and O–H groups in total. The number of likely N-dealkylation sites (N-methyl/N-ethyl adjacent to an activating group) is 1. The van der Waals surface area contributed by atoms with Crippen LogP contribution in [0.25, 0.3) is 0 Å². The highest BCUT2D eigenvalue weighted by atomic mass is 127. The summed E-state index contributed by atoms with van der Waals surface area (Å²) in [6.07, 6.45) is 6.19. The van der Waals surface area contributed by atoms with Gasteiger partial charge in [-0.15, -0.1) is 24.0 Å². The van der Waals surface area contributed by atoms with E-state index in [4.69, 9.17) is 0 Å². The SMILES string of the molecule is CN=C(NCCCCN1CCN(C)CC1)NCc1ccccc1Cn1cccn1.I. The van der Waals surface area contributed by atoms with E-state index >= 15 is 0 Å². The number of aliphatic imine (C=N–C) groups is 1. The minimum absolute atomic E-state index is 0. The normalized spacial score (nSPS) is 15.6. The number of halogens is 1. The third-order valence-corrected chi connectivity index (χ3v) is 5.47. The van der Waals surface area contributed by atoms with Crippen LogP contribution >= 0.6 is 24.0 Å². The van der Waals surface area contributed by atoms with E-state index in [2.05, 4.69) is 61.8 Å². The number of hydrogen-bond acceptors (Lipinski definition) is 4. The number of nitrogens with one attached hydrogen (secondary N) is 2. The molecule has 8 heteroatoms. The van der Waals surface area contributed by atoms with E-state index in [0.717, 1.165) is 32.0 Å². The molecule has 0 aliphatic carbocycles. The molecular formula is C22H36IN7. The highest BCUT2D eigenvalue weighted by molar-refractivity contribution is 14.0. The van der Waals surface area contributed by atoms with Gasteiger partial charge in [0.05, 0.1) is 6.54 Å². The van der Waals surface area contributed by atoms with Gasteiger partial charge in [0, 0.05) is 58.7 Å². The van der Waals surface area contributed by atoms with E-state index in [1.165, 1.54) is 50.3 Å². The van der Waals surface area contributed by atoms with E-state index in [1.54, 1.807) is 0 Å². The molecular weight excluding hydrogens is 489 g/mol. The van der Waals surface area contributed by atoms with E-state index in [9.17, 15) is 0 Å². The number of nitrogens with zero attached hydrogens (tertiary/aromatic N) is 5. The smallest absolute Gasteiger partial charge is 0.191 e. The van der Waals surface area contributed by atoms with Gasteiger partial charge in [0.2, 0.25) is 0 Å². The lowest BCUT2D eigenvalue weighted by Crippen LogP contribution is -2.44. The van der Waals surface area contributed by atoms with Gasteiger partial charge < -0.3 is 20.4 Å². The Morgan fingerprint density at radius 1 is 1.03 bits per heavy atom. The van der Waals surface area contributed by atoms with E-state index in [0.29, 0.717) is 0 Å². The van der Waals surface area contributed by atoms with E-state index in [1.807, 2.05) is 30.2 Å². The molecule has 1 aliphatic heterocycles. The molecule has 1 saturated heterocycles. The molecule has 7 nitrogen and oxygen atoms in total. The molecule has 30 heavy (non-hydrogen) atoms. The van der Waals surface area contributed by atoms with Crippen LogP contribution in [0.5, 0.6) is 0 Å². The van der Waals surface area contributed by atoms with Gasteiger partial charge in [0.25, 0.3) is 0 Å². The number of piperazine rings is 1. The van der Waals surface area contributed by atoms with Crippen molar-refractivity contribution in [3.8, 4) is 0 Å². The van der Waals surface area contributed by atoms with Gasteiger partial charge in [0.1, 0.15) is 0 Å².